The Bertz CT molecular complexity index is 1090. The molecule has 0 atom stereocenters. The van der Waals surface area contributed by atoms with E-state index in [1.54, 1.807) is 30.1 Å². The van der Waals surface area contributed by atoms with Crippen LogP contribution in [-0.4, -0.2) is 31.6 Å². The maximum Gasteiger partial charge on any atom is 0.187 e. The van der Waals surface area contributed by atoms with E-state index in [1.807, 2.05) is 29.0 Å². The first-order chi connectivity index (χ1) is 13.2. The molecule has 0 spiro atoms. The van der Waals surface area contributed by atoms with Crippen LogP contribution < -0.4 is 0 Å². The monoisotopic (exact) mass is 396 g/mol. The Labute approximate surface area is 165 Å². The number of thioether (sulfide) groups is 2. The summed E-state index contributed by atoms with van der Waals surface area (Å²) in [6.07, 6.45) is 3.71. The van der Waals surface area contributed by atoms with Gasteiger partial charge in [0.1, 0.15) is 11.5 Å². The lowest BCUT2D eigenvalue weighted by Crippen LogP contribution is -1.92. The molecule has 0 radical (unpaired) electrons. The fourth-order valence-corrected chi connectivity index (χ4v) is 4.03. The van der Waals surface area contributed by atoms with Crippen LogP contribution in [0.25, 0.3) is 28.0 Å². The summed E-state index contributed by atoms with van der Waals surface area (Å²) >= 11 is 3.23. The number of pyridine rings is 1. The lowest BCUT2D eigenvalue weighted by Gasteiger charge is -2.05. The van der Waals surface area contributed by atoms with Gasteiger partial charge in [-0.3, -0.25) is 0 Å². The van der Waals surface area contributed by atoms with E-state index in [0.717, 1.165) is 38.8 Å². The summed E-state index contributed by atoms with van der Waals surface area (Å²) in [5.74, 6) is 0.683. The summed E-state index contributed by atoms with van der Waals surface area (Å²) in [5, 5.41) is 6.63. The molecule has 0 unspecified atom stereocenters. The molecule has 4 aromatic rings. The molecule has 0 aliphatic carbocycles. The summed E-state index contributed by atoms with van der Waals surface area (Å²) in [6.45, 7) is 2.12. The first-order valence-corrected chi connectivity index (χ1v) is 10.7. The highest BCUT2D eigenvalue weighted by atomic mass is 32.2. The van der Waals surface area contributed by atoms with Gasteiger partial charge in [0, 0.05) is 11.8 Å². The van der Waals surface area contributed by atoms with Gasteiger partial charge in [0.2, 0.25) is 0 Å². The normalized spacial score (nSPS) is 11.2. The number of halogens is 1. The number of rotatable bonds is 5. The molecule has 4 rings (SSSR count). The van der Waals surface area contributed by atoms with Crippen LogP contribution in [0.4, 0.5) is 4.39 Å². The fourth-order valence-electron chi connectivity index (χ4n) is 2.94. The number of nitrogens with zero attached hydrogens (tertiary/aromatic N) is 4. The van der Waals surface area contributed by atoms with Crippen molar-refractivity contribution in [1.29, 1.82) is 0 Å². The molecule has 136 valence electrons. The third-order valence-corrected chi connectivity index (χ3v) is 5.56. The van der Waals surface area contributed by atoms with Gasteiger partial charge in [-0.15, -0.1) is 11.8 Å². The Balaban J connectivity index is 2.02. The van der Waals surface area contributed by atoms with E-state index in [9.17, 15) is 4.39 Å². The molecule has 0 saturated heterocycles. The minimum absolute atomic E-state index is 0.266. The predicted molar refractivity (Wildman–Crippen MR) is 110 cm³/mol. The molecule has 1 aromatic carbocycles. The molecule has 0 fully saturated rings. The van der Waals surface area contributed by atoms with Gasteiger partial charge in [-0.2, -0.15) is 5.10 Å². The van der Waals surface area contributed by atoms with Crippen LogP contribution in [-0.2, 0) is 0 Å². The minimum atomic E-state index is -0.266. The van der Waals surface area contributed by atoms with Crippen LogP contribution in [0.2, 0.25) is 0 Å². The first-order valence-electron chi connectivity index (χ1n) is 8.49. The molecule has 4 nitrogen and oxygen atoms in total. The van der Waals surface area contributed by atoms with Crippen LogP contribution in [0.3, 0.4) is 0 Å². The van der Waals surface area contributed by atoms with E-state index in [1.165, 1.54) is 23.9 Å². The van der Waals surface area contributed by atoms with Crippen LogP contribution in [0.15, 0.2) is 64.9 Å². The largest absolute Gasteiger partial charge is 0.231 e. The number of aromatic nitrogens is 4. The van der Waals surface area contributed by atoms with Gasteiger partial charge in [0.05, 0.1) is 21.8 Å². The van der Waals surface area contributed by atoms with Crippen LogP contribution in [0, 0.1) is 5.82 Å². The van der Waals surface area contributed by atoms with Crippen molar-refractivity contribution in [1.82, 2.24) is 19.6 Å². The van der Waals surface area contributed by atoms with E-state index >= 15 is 0 Å². The lowest BCUT2D eigenvalue weighted by molar-refractivity contribution is 0.628. The topological polar surface area (TPSA) is 43.1 Å². The number of benzene rings is 1. The average molecular weight is 397 g/mol. The number of hydrogen-bond acceptors (Lipinski definition) is 5. The van der Waals surface area contributed by atoms with Gasteiger partial charge in [-0.05, 0) is 54.5 Å². The van der Waals surface area contributed by atoms with Gasteiger partial charge >= 0.3 is 0 Å². The highest BCUT2D eigenvalue weighted by Gasteiger charge is 2.19. The van der Waals surface area contributed by atoms with E-state index in [2.05, 4.69) is 23.0 Å². The average Bonchev–Trinajstić information content (AvgIpc) is 3.09. The van der Waals surface area contributed by atoms with Crippen molar-refractivity contribution in [3.63, 3.8) is 0 Å². The number of fused-ring (bicyclic) bond motifs is 1. The summed E-state index contributed by atoms with van der Waals surface area (Å²) in [6, 6.07) is 14.4. The Hall–Kier alpha value is -2.38. The highest BCUT2D eigenvalue weighted by Crippen LogP contribution is 2.36. The smallest absolute Gasteiger partial charge is 0.187 e. The molecule has 0 aliphatic rings. The highest BCUT2D eigenvalue weighted by molar-refractivity contribution is 7.99. The third kappa shape index (κ3) is 3.44. The molecule has 3 heterocycles. The summed E-state index contributed by atoms with van der Waals surface area (Å²) < 4.78 is 15.4. The Morgan fingerprint density at radius 3 is 2.63 bits per heavy atom. The predicted octanol–water partition coefficient (Wildman–Crippen LogP) is 5.43. The molecule has 0 saturated carbocycles. The first kappa shape index (κ1) is 18.0. The van der Waals surface area contributed by atoms with Crippen molar-refractivity contribution >= 4 is 29.0 Å². The summed E-state index contributed by atoms with van der Waals surface area (Å²) in [7, 11) is 0. The Kier molecular flexibility index (Phi) is 5.13. The van der Waals surface area contributed by atoms with Crippen LogP contribution >= 0.6 is 23.5 Å². The molecule has 3 aromatic heterocycles. The fraction of sp³-hybridized carbons (Fsp3) is 0.150. The van der Waals surface area contributed by atoms with Gasteiger partial charge in [0.25, 0.3) is 0 Å². The number of hydrogen-bond donors (Lipinski definition) is 0. The minimum Gasteiger partial charge on any atom is -0.231 e. The SMILES string of the molecule is CCSc1cccc2c(-c3ccnc(SC)n3)c(-c3ccc(F)cc3)nn12. The molecular weight excluding hydrogens is 379 g/mol. The van der Waals surface area contributed by atoms with Crippen molar-refractivity contribution in [2.75, 3.05) is 12.0 Å². The molecule has 27 heavy (non-hydrogen) atoms. The zero-order chi connectivity index (χ0) is 18.8. The van der Waals surface area contributed by atoms with Crippen LogP contribution in [0.1, 0.15) is 6.92 Å². The second kappa shape index (κ2) is 7.70. The quantitative estimate of drug-likeness (QED) is 0.332. The zero-order valence-corrected chi connectivity index (χ0v) is 16.5. The van der Waals surface area contributed by atoms with Crippen molar-refractivity contribution in [2.45, 2.75) is 17.1 Å². The van der Waals surface area contributed by atoms with E-state index in [4.69, 9.17) is 5.10 Å². The molecule has 0 aliphatic heterocycles. The maximum absolute atomic E-state index is 13.4. The Morgan fingerprint density at radius 2 is 1.89 bits per heavy atom. The molecule has 0 amide bonds. The van der Waals surface area contributed by atoms with E-state index in [0.29, 0.717) is 5.16 Å². The van der Waals surface area contributed by atoms with Gasteiger partial charge in [-0.25, -0.2) is 18.9 Å². The third-order valence-electron chi connectivity index (χ3n) is 4.10. The second-order valence-corrected chi connectivity index (χ2v) is 7.81. The van der Waals surface area contributed by atoms with Gasteiger partial charge in [0.15, 0.2) is 5.16 Å². The molecular formula is C20H17FN4S2. The van der Waals surface area contributed by atoms with E-state index in [-0.39, 0.29) is 5.82 Å². The second-order valence-electron chi connectivity index (χ2n) is 5.75. The maximum atomic E-state index is 13.4. The summed E-state index contributed by atoms with van der Waals surface area (Å²) in [5.41, 5.74) is 4.34. The Morgan fingerprint density at radius 1 is 1.07 bits per heavy atom. The zero-order valence-electron chi connectivity index (χ0n) is 14.9. The molecule has 0 bridgehead atoms. The van der Waals surface area contributed by atoms with Crippen molar-refractivity contribution in [3.8, 4) is 22.5 Å². The van der Waals surface area contributed by atoms with Crippen molar-refractivity contribution < 1.29 is 4.39 Å². The van der Waals surface area contributed by atoms with E-state index < -0.39 is 0 Å². The molecule has 7 heteroatoms. The van der Waals surface area contributed by atoms with Gasteiger partial charge in [-0.1, -0.05) is 24.8 Å². The summed E-state index contributed by atoms with van der Waals surface area (Å²) in [4.78, 5) is 8.96. The lowest BCUT2D eigenvalue weighted by atomic mass is 10.0. The molecule has 0 N–H and O–H groups in total. The van der Waals surface area contributed by atoms with Crippen LogP contribution in [0.5, 0.6) is 0 Å². The van der Waals surface area contributed by atoms with Crippen molar-refractivity contribution in [2.24, 2.45) is 0 Å². The van der Waals surface area contributed by atoms with Crippen molar-refractivity contribution in [3.05, 3.63) is 60.5 Å². The van der Waals surface area contributed by atoms with Gasteiger partial charge < -0.3 is 0 Å². The standard InChI is InChI=1S/C20H17FN4S2/c1-3-27-17-6-4-5-16-18(15-11-12-22-20(23-15)26-2)19(24-25(16)17)13-7-9-14(21)10-8-13/h4-12H,3H2,1-2H3.